The van der Waals surface area contributed by atoms with Crippen molar-refractivity contribution in [1.82, 2.24) is 24.6 Å². The van der Waals surface area contributed by atoms with Gasteiger partial charge in [-0.25, -0.2) is 9.97 Å². The van der Waals surface area contributed by atoms with E-state index in [1.54, 1.807) is 43.6 Å². The van der Waals surface area contributed by atoms with Gasteiger partial charge in [-0.15, -0.1) is 0 Å². The summed E-state index contributed by atoms with van der Waals surface area (Å²) < 4.78 is 1.97. The molecule has 4 heterocycles. The van der Waals surface area contributed by atoms with Crippen molar-refractivity contribution in [2.45, 2.75) is 25.8 Å². The van der Waals surface area contributed by atoms with Crippen LogP contribution < -0.4 is 11.1 Å². The number of rotatable bonds is 4. The Labute approximate surface area is 196 Å². The Balaban J connectivity index is 1.48. The van der Waals surface area contributed by atoms with Gasteiger partial charge in [-0.2, -0.15) is 5.10 Å². The number of nitrogens with one attached hydrogen (secondary N) is 1. The summed E-state index contributed by atoms with van der Waals surface area (Å²) in [5.41, 5.74) is 9.21. The third-order valence-corrected chi connectivity index (χ3v) is 6.16. The average molecular weight is 456 g/mol. The molecule has 172 valence electrons. The van der Waals surface area contributed by atoms with Crippen LogP contribution in [0.3, 0.4) is 0 Å². The van der Waals surface area contributed by atoms with Gasteiger partial charge in [-0.1, -0.05) is 18.2 Å². The van der Waals surface area contributed by atoms with Crippen LogP contribution in [-0.2, 0) is 4.79 Å². The zero-order chi connectivity index (χ0) is 23.7. The third kappa shape index (κ3) is 4.07. The molecular weight excluding hydrogens is 430 g/mol. The predicted molar refractivity (Wildman–Crippen MR) is 130 cm³/mol. The summed E-state index contributed by atoms with van der Waals surface area (Å²) in [5.74, 6) is 0.720. The zero-order valence-electron chi connectivity index (χ0n) is 18.8. The highest BCUT2D eigenvalue weighted by atomic mass is 16.2. The summed E-state index contributed by atoms with van der Waals surface area (Å²) >= 11 is 0. The number of piperidine rings is 1. The van der Waals surface area contributed by atoms with E-state index < -0.39 is 0 Å². The second-order valence-electron chi connectivity index (χ2n) is 8.39. The second-order valence-corrected chi connectivity index (χ2v) is 8.39. The number of carbonyl (C=O) groups excluding carboxylic acids is 2. The molecule has 0 spiro atoms. The van der Waals surface area contributed by atoms with Crippen molar-refractivity contribution < 1.29 is 9.59 Å². The minimum Gasteiger partial charge on any atom is -0.383 e. The highest BCUT2D eigenvalue weighted by Crippen LogP contribution is 2.34. The number of aromatic nitrogens is 4. The maximum Gasteiger partial charge on any atom is 0.256 e. The molecule has 1 aliphatic rings. The Morgan fingerprint density at radius 3 is 2.62 bits per heavy atom. The van der Waals surface area contributed by atoms with Crippen LogP contribution in [0.4, 0.5) is 11.6 Å². The van der Waals surface area contributed by atoms with Crippen molar-refractivity contribution in [3.05, 3.63) is 66.5 Å². The van der Waals surface area contributed by atoms with E-state index in [1.807, 2.05) is 33.8 Å². The smallest absolute Gasteiger partial charge is 0.256 e. The van der Waals surface area contributed by atoms with Crippen LogP contribution in [0.2, 0.25) is 0 Å². The Hall–Kier alpha value is -4.27. The van der Waals surface area contributed by atoms with Gasteiger partial charge in [0.1, 0.15) is 17.3 Å². The van der Waals surface area contributed by atoms with E-state index in [-0.39, 0.29) is 17.9 Å². The van der Waals surface area contributed by atoms with Crippen molar-refractivity contribution >= 4 is 34.4 Å². The maximum atomic E-state index is 12.6. The Morgan fingerprint density at radius 1 is 1.06 bits per heavy atom. The normalized spacial score (nSPS) is 15.9. The lowest BCUT2D eigenvalue weighted by atomic mass is 10.0. The lowest BCUT2D eigenvalue weighted by Crippen LogP contribution is -2.39. The predicted octanol–water partition coefficient (Wildman–Crippen LogP) is 3.51. The summed E-state index contributed by atoms with van der Waals surface area (Å²) in [6.45, 7) is 2.98. The molecule has 0 saturated carbocycles. The largest absolute Gasteiger partial charge is 0.383 e. The molecule has 9 nitrogen and oxygen atoms in total. The molecular formula is C25H25N7O2. The fourth-order valence-electron chi connectivity index (χ4n) is 4.44. The summed E-state index contributed by atoms with van der Waals surface area (Å²) in [6, 6.07) is 14.5. The number of likely N-dealkylation sites (tertiary alicyclic amines) is 1. The lowest BCUT2D eigenvalue weighted by Gasteiger charge is -2.32. The van der Waals surface area contributed by atoms with Crippen LogP contribution in [-0.4, -0.2) is 49.6 Å². The third-order valence-electron chi connectivity index (χ3n) is 6.16. The number of carbonyl (C=O) groups is 2. The quantitative estimate of drug-likeness (QED) is 0.486. The Morgan fingerprint density at radius 2 is 1.88 bits per heavy atom. The first-order valence-corrected chi connectivity index (χ1v) is 11.2. The van der Waals surface area contributed by atoms with Crippen LogP contribution in [0.25, 0.3) is 22.2 Å². The number of anilines is 2. The molecule has 1 aromatic carbocycles. The first-order chi connectivity index (χ1) is 16.5. The first-order valence-electron chi connectivity index (χ1n) is 11.2. The molecule has 5 rings (SSSR count). The highest BCUT2D eigenvalue weighted by molar-refractivity contribution is 6.05. The molecule has 0 bridgehead atoms. The molecule has 2 amide bonds. The summed E-state index contributed by atoms with van der Waals surface area (Å²) in [7, 11) is 0. The minimum absolute atomic E-state index is 0.0547. The minimum atomic E-state index is -0.242. The lowest BCUT2D eigenvalue weighted by molar-refractivity contribution is -0.130. The summed E-state index contributed by atoms with van der Waals surface area (Å²) in [4.78, 5) is 34.8. The highest BCUT2D eigenvalue weighted by Gasteiger charge is 2.27. The van der Waals surface area contributed by atoms with Crippen LogP contribution >= 0.6 is 0 Å². The fraction of sp³-hybridized carbons (Fsp3) is 0.240. The maximum absolute atomic E-state index is 12.6. The van der Waals surface area contributed by atoms with E-state index in [0.717, 1.165) is 35.9 Å². The number of hydrogen-bond donors (Lipinski definition) is 2. The Bertz CT molecular complexity index is 1350. The molecule has 34 heavy (non-hydrogen) atoms. The molecule has 1 aliphatic heterocycles. The topological polar surface area (TPSA) is 119 Å². The van der Waals surface area contributed by atoms with Gasteiger partial charge in [0.25, 0.3) is 5.91 Å². The molecule has 9 heteroatoms. The van der Waals surface area contributed by atoms with Crippen molar-refractivity contribution in [3.63, 3.8) is 0 Å². The number of benzene rings is 1. The molecule has 3 aromatic heterocycles. The van der Waals surface area contributed by atoms with Crippen molar-refractivity contribution in [2.24, 2.45) is 0 Å². The van der Waals surface area contributed by atoms with Crippen molar-refractivity contribution in [2.75, 3.05) is 24.1 Å². The van der Waals surface area contributed by atoms with Gasteiger partial charge in [-0.3, -0.25) is 14.3 Å². The van der Waals surface area contributed by atoms with Gasteiger partial charge in [0.2, 0.25) is 5.91 Å². The molecule has 0 aliphatic carbocycles. The van der Waals surface area contributed by atoms with Crippen LogP contribution in [0.5, 0.6) is 0 Å². The SMILES string of the molecule is CC(=O)N1CCC[C@H](n2nc(-c3ccc(C(=O)Nc4ccccn4)cc3)c3c(N)nccc32)C1. The van der Waals surface area contributed by atoms with Crippen LogP contribution in [0.15, 0.2) is 60.9 Å². The molecule has 0 radical (unpaired) electrons. The number of fused-ring (bicyclic) bond motifs is 1. The number of pyridine rings is 2. The van der Waals surface area contributed by atoms with Gasteiger partial charge in [0.15, 0.2) is 0 Å². The average Bonchev–Trinajstić information content (AvgIpc) is 3.26. The number of nitrogen functional groups attached to an aromatic ring is 1. The van der Waals surface area contributed by atoms with E-state index in [9.17, 15) is 9.59 Å². The molecule has 3 N–H and O–H groups in total. The van der Waals surface area contributed by atoms with Gasteiger partial charge >= 0.3 is 0 Å². The van der Waals surface area contributed by atoms with Gasteiger partial charge in [0, 0.05) is 43.5 Å². The number of amides is 2. The van der Waals surface area contributed by atoms with Crippen molar-refractivity contribution in [3.8, 4) is 11.3 Å². The van der Waals surface area contributed by atoms with E-state index in [0.29, 0.717) is 29.4 Å². The standard InChI is InChI=1S/C25H25N7O2/c1-16(33)31-14-4-5-19(15-31)32-20-11-13-28-24(26)22(20)23(30-32)17-7-9-18(10-8-17)25(34)29-21-6-2-3-12-27-21/h2-3,6-13,19H,4-5,14-15H2,1H3,(H2,26,28)(H,27,29,34)/t19-/m0/s1. The number of nitrogens with zero attached hydrogens (tertiary/aromatic N) is 5. The molecule has 1 fully saturated rings. The van der Waals surface area contributed by atoms with E-state index >= 15 is 0 Å². The molecule has 1 atom stereocenters. The second kappa shape index (κ2) is 8.93. The van der Waals surface area contributed by atoms with Gasteiger partial charge < -0.3 is 16.0 Å². The monoisotopic (exact) mass is 455 g/mol. The summed E-state index contributed by atoms with van der Waals surface area (Å²) in [6.07, 6.45) is 5.15. The van der Waals surface area contributed by atoms with E-state index in [1.165, 1.54) is 0 Å². The van der Waals surface area contributed by atoms with Gasteiger partial charge in [-0.05, 0) is 43.2 Å². The molecule has 1 saturated heterocycles. The van der Waals surface area contributed by atoms with E-state index in [4.69, 9.17) is 10.8 Å². The fourth-order valence-corrected chi connectivity index (χ4v) is 4.44. The van der Waals surface area contributed by atoms with Crippen LogP contribution in [0, 0.1) is 0 Å². The van der Waals surface area contributed by atoms with Crippen molar-refractivity contribution in [1.29, 1.82) is 0 Å². The van der Waals surface area contributed by atoms with Crippen LogP contribution in [0.1, 0.15) is 36.2 Å². The summed E-state index contributed by atoms with van der Waals surface area (Å²) in [5, 5.41) is 8.48. The van der Waals surface area contributed by atoms with E-state index in [2.05, 4.69) is 15.3 Å². The first kappa shape index (κ1) is 21.6. The molecule has 0 unspecified atom stereocenters. The van der Waals surface area contributed by atoms with Gasteiger partial charge in [0.05, 0.1) is 16.9 Å². The molecule has 4 aromatic rings. The number of nitrogens with two attached hydrogens (primary N) is 1. The number of hydrogen-bond acceptors (Lipinski definition) is 6. The Kier molecular flexibility index (Phi) is 5.67. The zero-order valence-corrected chi connectivity index (χ0v) is 18.8.